The molecule has 2 aromatic heterocycles. The SMILES string of the molecule is Cc1ccc2cccc(Oc3ncnc(Nc4ccc(C(=O)OCC(C)C)cc4)c3N)c2n1. The number of hydrogen-bond donors (Lipinski definition) is 2. The average molecular weight is 444 g/mol. The molecular formula is C25H25N5O3. The number of anilines is 3. The van der Waals surface area contributed by atoms with Crippen molar-refractivity contribution < 1.29 is 14.3 Å². The number of aromatic nitrogens is 3. The molecule has 3 N–H and O–H groups in total. The van der Waals surface area contributed by atoms with E-state index < -0.39 is 0 Å². The maximum atomic E-state index is 12.1. The summed E-state index contributed by atoms with van der Waals surface area (Å²) >= 11 is 0. The fraction of sp³-hybridized carbons (Fsp3) is 0.200. The lowest BCUT2D eigenvalue weighted by molar-refractivity contribution is 0.0459. The van der Waals surface area contributed by atoms with Crippen molar-refractivity contribution in [1.82, 2.24) is 15.0 Å². The quantitative estimate of drug-likeness (QED) is 0.372. The topological polar surface area (TPSA) is 112 Å². The number of nitrogens with two attached hydrogens (primary N) is 1. The molecule has 0 aliphatic heterocycles. The van der Waals surface area contributed by atoms with Crippen molar-refractivity contribution in [1.29, 1.82) is 0 Å². The van der Waals surface area contributed by atoms with E-state index >= 15 is 0 Å². The Kier molecular flexibility index (Phi) is 6.35. The van der Waals surface area contributed by atoms with Crippen molar-refractivity contribution in [3.63, 3.8) is 0 Å². The van der Waals surface area contributed by atoms with Gasteiger partial charge >= 0.3 is 5.97 Å². The molecule has 0 aliphatic rings. The van der Waals surface area contributed by atoms with Gasteiger partial charge in [0.25, 0.3) is 0 Å². The molecular weight excluding hydrogens is 418 g/mol. The Morgan fingerprint density at radius 3 is 2.61 bits per heavy atom. The molecule has 2 aromatic carbocycles. The van der Waals surface area contributed by atoms with Gasteiger partial charge in [0, 0.05) is 16.8 Å². The van der Waals surface area contributed by atoms with E-state index in [2.05, 4.69) is 20.3 Å². The Morgan fingerprint density at radius 1 is 1.06 bits per heavy atom. The normalized spacial score (nSPS) is 10.9. The standard InChI is InChI=1S/C25H25N5O3/c1-15(2)13-32-25(31)18-9-11-19(12-10-18)30-23-21(26)24(28-14-27-23)33-20-6-4-5-17-8-7-16(3)29-22(17)20/h4-12,14-15H,13,26H2,1-3H3,(H,27,28,30). The van der Waals surface area contributed by atoms with Crippen molar-refractivity contribution in [2.75, 3.05) is 17.7 Å². The van der Waals surface area contributed by atoms with Gasteiger partial charge in [-0.15, -0.1) is 0 Å². The zero-order valence-electron chi connectivity index (χ0n) is 18.7. The number of esters is 1. The number of aryl methyl sites for hydroxylation is 1. The van der Waals surface area contributed by atoms with E-state index in [0.717, 1.165) is 16.6 Å². The summed E-state index contributed by atoms with van der Waals surface area (Å²) < 4.78 is 11.3. The molecule has 168 valence electrons. The number of pyridine rings is 1. The zero-order valence-corrected chi connectivity index (χ0v) is 18.7. The number of carbonyl (C=O) groups is 1. The van der Waals surface area contributed by atoms with Crippen molar-refractivity contribution in [3.8, 4) is 11.6 Å². The lowest BCUT2D eigenvalue weighted by Crippen LogP contribution is -2.10. The van der Waals surface area contributed by atoms with E-state index in [0.29, 0.717) is 29.4 Å². The van der Waals surface area contributed by atoms with Gasteiger partial charge in [-0.2, -0.15) is 4.98 Å². The van der Waals surface area contributed by atoms with Crippen LogP contribution in [0.3, 0.4) is 0 Å². The fourth-order valence-corrected chi connectivity index (χ4v) is 3.12. The molecule has 33 heavy (non-hydrogen) atoms. The number of ether oxygens (including phenoxy) is 2. The molecule has 0 amide bonds. The monoisotopic (exact) mass is 443 g/mol. The van der Waals surface area contributed by atoms with E-state index in [1.807, 2.05) is 51.1 Å². The second-order valence-electron chi connectivity index (χ2n) is 8.02. The molecule has 0 atom stereocenters. The molecule has 0 radical (unpaired) electrons. The molecule has 0 unspecified atom stereocenters. The van der Waals surface area contributed by atoms with Crippen LogP contribution in [0.1, 0.15) is 29.9 Å². The van der Waals surface area contributed by atoms with Crippen LogP contribution in [0.25, 0.3) is 10.9 Å². The Morgan fingerprint density at radius 2 is 1.85 bits per heavy atom. The largest absolute Gasteiger partial charge is 0.462 e. The molecule has 4 rings (SSSR count). The Hall–Kier alpha value is -4.20. The van der Waals surface area contributed by atoms with E-state index in [9.17, 15) is 4.79 Å². The number of fused-ring (bicyclic) bond motifs is 1. The maximum Gasteiger partial charge on any atom is 0.338 e. The molecule has 8 nitrogen and oxygen atoms in total. The van der Waals surface area contributed by atoms with Crippen molar-refractivity contribution in [3.05, 3.63) is 72.2 Å². The number of nitrogens with zero attached hydrogens (tertiary/aromatic N) is 3. The van der Waals surface area contributed by atoms with E-state index in [4.69, 9.17) is 15.2 Å². The smallest absolute Gasteiger partial charge is 0.338 e. The Labute approximate surface area is 191 Å². The Bertz CT molecular complexity index is 1290. The lowest BCUT2D eigenvalue weighted by Gasteiger charge is -2.13. The van der Waals surface area contributed by atoms with E-state index in [1.54, 1.807) is 24.3 Å². The average Bonchev–Trinajstić information content (AvgIpc) is 2.81. The third kappa shape index (κ3) is 5.17. The van der Waals surface area contributed by atoms with Crippen molar-refractivity contribution in [2.24, 2.45) is 5.92 Å². The van der Waals surface area contributed by atoms with Gasteiger partial charge in [0.15, 0.2) is 11.6 Å². The summed E-state index contributed by atoms with van der Waals surface area (Å²) in [5, 5.41) is 4.09. The molecule has 0 saturated heterocycles. The lowest BCUT2D eigenvalue weighted by atomic mass is 10.2. The van der Waals surface area contributed by atoms with Crippen molar-refractivity contribution >= 4 is 34.1 Å². The maximum absolute atomic E-state index is 12.1. The van der Waals surface area contributed by atoms with Gasteiger partial charge < -0.3 is 20.5 Å². The third-order valence-corrected chi connectivity index (χ3v) is 4.81. The summed E-state index contributed by atoms with van der Waals surface area (Å²) in [6.07, 6.45) is 1.37. The predicted molar refractivity (Wildman–Crippen MR) is 128 cm³/mol. The van der Waals surface area contributed by atoms with Crippen LogP contribution in [0.4, 0.5) is 17.2 Å². The summed E-state index contributed by atoms with van der Waals surface area (Å²) in [7, 11) is 0. The predicted octanol–water partition coefficient (Wildman–Crippen LogP) is 5.26. The highest BCUT2D eigenvalue weighted by Gasteiger charge is 2.14. The molecule has 8 heteroatoms. The van der Waals surface area contributed by atoms with E-state index in [-0.39, 0.29) is 23.5 Å². The first-order chi connectivity index (χ1) is 15.9. The van der Waals surface area contributed by atoms with Crippen LogP contribution in [0, 0.1) is 12.8 Å². The number of para-hydroxylation sites is 1. The second kappa shape index (κ2) is 9.52. The van der Waals surface area contributed by atoms with Gasteiger partial charge in [-0.3, -0.25) is 0 Å². The van der Waals surface area contributed by atoms with Gasteiger partial charge in [-0.25, -0.2) is 14.8 Å². The first-order valence-electron chi connectivity index (χ1n) is 10.6. The first kappa shape index (κ1) is 22.0. The molecule has 0 fully saturated rings. The van der Waals surface area contributed by atoms with Crippen LogP contribution in [-0.2, 0) is 4.74 Å². The number of benzene rings is 2. The zero-order chi connectivity index (χ0) is 23.4. The van der Waals surface area contributed by atoms with Crippen LogP contribution in [0.2, 0.25) is 0 Å². The summed E-state index contributed by atoms with van der Waals surface area (Å²) in [4.78, 5) is 25.1. The van der Waals surface area contributed by atoms with Gasteiger partial charge in [-0.1, -0.05) is 32.0 Å². The minimum absolute atomic E-state index is 0.220. The number of rotatable bonds is 7. The van der Waals surface area contributed by atoms with Gasteiger partial charge in [0.2, 0.25) is 5.88 Å². The summed E-state index contributed by atoms with van der Waals surface area (Å²) in [5.41, 5.74) is 9.33. The minimum atomic E-state index is -0.355. The summed E-state index contributed by atoms with van der Waals surface area (Å²) in [6, 6.07) is 16.5. The molecule has 0 spiro atoms. The summed E-state index contributed by atoms with van der Waals surface area (Å²) in [6.45, 7) is 6.28. The molecule has 0 aliphatic carbocycles. The Balaban J connectivity index is 1.52. The summed E-state index contributed by atoms with van der Waals surface area (Å²) in [5.74, 6) is 1.08. The number of hydrogen-bond acceptors (Lipinski definition) is 8. The highest BCUT2D eigenvalue weighted by Crippen LogP contribution is 2.33. The van der Waals surface area contributed by atoms with E-state index in [1.165, 1.54) is 6.33 Å². The van der Waals surface area contributed by atoms with Crippen LogP contribution in [0.5, 0.6) is 11.6 Å². The number of nitrogen functional groups attached to an aromatic ring is 1. The fourth-order valence-electron chi connectivity index (χ4n) is 3.12. The highest BCUT2D eigenvalue weighted by atomic mass is 16.5. The number of nitrogens with one attached hydrogen (secondary N) is 1. The third-order valence-electron chi connectivity index (χ3n) is 4.81. The van der Waals surface area contributed by atoms with Crippen LogP contribution >= 0.6 is 0 Å². The highest BCUT2D eigenvalue weighted by molar-refractivity contribution is 5.90. The minimum Gasteiger partial charge on any atom is -0.462 e. The van der Waals surface area contributed by atoms with Crippen molar-refractivity contribution in [2.45, 2.75) is 20.8 Å². The number of carbonyl (C=O) groups excluding carboxylic acids is 1. The molecule has 2 heterocycles. The molecule has 0 bridgehead atoms. The molecule has 0 saturated carbocycles. The van der Waals surface area contributed by atoms with Gasteiger partial charge in [0.1, 0.15) is 17.5 Å². The van der Waals surface area contributed by atoms with Crippen LogP contribution in [0.15, 0.2) is 60.9 Å². The second-order valence-corrected chi connectivity index (χ2v) is 8.02. The van der Waals surface area contributed by atoms with Gasteiger partial charge in [-0.05, 0) is 49.2 Å². The first-order valence-corrected chi connectivity index (χ1v) is 10.6. The molecule has 4 aromatic rings. The van der Waals surface area contributed by atoms with Gasteiger partial charge in [0.05, 0.1) is 12.2 Å². The van der Waals surface area contributed by atoms with Crippen LogP contribution in [-0.4, -0.2) is 27.5 Å². The van der Waals surface area contributed by atoms with Crippen LogP contribution < -0.4 is 15.8 Å².